The van der Waals surface area contributed by atoms with Gasteiger partial charge in [0.15, 0.2) is 0 Å². The molecule has 0 saturated heterocycles. The zero-order chi connectivity index (χ0) is 15.5. The topological polar surface area (TPSA) is 61.8 Å². The Labute approximate surface area is 129 Å². The summed E-state index contributed by atoms with van der Waals surface area (Å²) in [5.41, 5.74) is 5.60. The van der Waals surface area contributed by atoms with E-state index in [1.54, 1.807) is 18.7 Å². The molecule has 0 aliphatic carbocycles. The molecule has 1 amide bonds. The van der Waals surface area contributed by atoms with Crippen molar-refractivity contribution in [3.05, 3.63) is 59.2 Å². The Balaban J connectivity index is 1.81. The molecule has 2 N–H and O–H groups in total. The molecule has 0 bridgehead atoms. The summed E-state index contributed by atoms with van der Waals surface area (Å²) in [5.74, 6) is 0.353. The molecule has 0 radical (unpaired) electrons. The van der Waals surface area contributed by atoms with E-state index in [0.717, 1.165) is 30.9 Å². The maximum absolute atomic E-state index is 11.6. The standard InChI is InChI=1S/C17H18N2O3/c1-22-15-6-2-12(3-7-15)11-19-9-8-13-4-5-14(10-16(13)19)17(20)18-21/h2-7,10,21H,8-9,11H2,1H3,(H,18,20). The Kier molecular flexibility index (Phi) is 3.98. The number of benzene rings is 2. The zero-order valence-corrected chi connectivity index (χ0v) is 12.4. The van der Waals surface area contributed by atoms with Crippen LogP contribution in [-0.4, -0.2) is 24.8 Å². The first-order valence-corrected chi connectivity index (χ1v) is 7.16. The first-order chi connectivity index (χ1) is 10.7. The SMILES string of the molecule is COc1ccc(CN2CCc3ccc(C(=O)NO)cc32)cc1. The van der Waals surface area contributed by atoms with E-state index in [4.69, 9.17) is 9.94 Å². The molecule has 2 aromatic rings. The lowest BCUT2D eigenvalue weighted by Crippen LogP contribution is -2.21. The number of nitrogens with one attached hydrogen (secondary N) is 1. The molecule has 0 aromatic heterocycles. The van der Waals surface area contributed by atoms with E-state index in [1.165, 1.54) is 11.1 Å². The van der Waals surface area contributed by atoms with Gasteiger partial charge < -0.3 is 9.64 Å². The molecular weight excluding hydrogens is 280 g/mol. The highest BCUT2D eigenvalue weighted by atomic mass is 16.5. The molecule has 0 fully saturated rings. The Morgan fingerprint density at radius 3 is 2.73 bits per heavy atom. The summed E-state index contributed by atoms with van der Waals surface area (Å²) in [6.45, 7) is 1.70. The number of hydrogen-bond acceptors (Lipinski definition) is 4. The van der Waals surface area contributed by atoms with Crippen LogP contribution in [0.3, 0.4) is 0 Å². The van der Waals surface area contributed by atoms with Crippen molar-refractivity contribution in [1.29, 1.82) is 0 Å². The normalized spacial score (nSPS) is 12.9. The third kappa shape index (κ3) is 2.76. The van der Waals surface area contributed by atoms with Crippen LogP contribution in [0.2, 0.25) is 0 Å². The van der Waals surface area contributed by atoms with Crippen molar-refractivity contribution in [2.75, 3.05) is 18.6 Å². The molecule has 5 heteroatoms. The third-order valence-corrected chi connectivity index (χ3v) is 3.97. The monoisotopic (exact) mass is 298 g/mol. The van der Waals surface area contributed by atoms with Gasteiger partial charge in [0.2, 0.25) is 0 Å². The average Bonchev–Trinajstić information content (AvgIpc) is 2.97. The summed E-state index contributed by atoms with van der Waals surface area (Å²) in [6, 6.07) is 13.5. The van der Waals surface area contributed by atoms with Gasteiger partial charge in [-0.15, -0.1) is 0 Å². The second kappa shape index (κ2) is 6.07. The van der Waals surface area contributed by atoms with Crippen LogP contribution in [0.15, 0.2) is 42.5 Å². The number of anilines is 1. The highest BCUT2D eigenvalue weighted by Gasteiger charge is 2.20. The lowest BCUT2D eigenvalue weighted by atomic mass is 10.1. The molecule has 0 atom stereocenters. The van der Waals surface area contributed by atoms with Gasteiger partial charge in [-0.1, -0.05) is 18.2 Å². The van der Waals surface area contributed by atoms with Gasteiger partial charge in [0.05, 0.1) is 7.11 Å². The first-order valence-electron chi connectivity index (χ1n) is 7.16. The largest absolute Gasteiger partial charge is 0.497 e. The van der Waals surface area contributed by atoms with Crippen molar-refractivity contribution < 1.29 is 14.7 Å². The van der Waals surface area contributed by atoms with E-state index in [9.17, 15) is 4.79 Å². The van der Waals surface area contributed by atoms with Gasteiger partial charge in [-0.05, 0) is 41.8 Å². The number of amides is 1. The zero-order valence-electron chi connectivity index (χ0n) is 12.4. The van der Waals surface area contributed by atoms with E-state index in [1.807, 2.05) is 36.4 Å². The number of carbonyl (C=O) groups excluding carboxylic acids is 1. The summed E-state index contributed by atoms with van der Waals surface area (Å²) >= 11 is 0. The minimum absolute atomic E-state index is 0.461. The van der Waals surface area contributed by atoms with E-state index < -0.39 is 5.91 Å². The fraction of sp³-hybridized carbons (Fsp3) is 0.235. The number of methoxy groups -OCH3 is 1. The summed E-state index contributed by atoms with van der Waals surface area (Å²) in [7, 11) is 1.65. The van der Waals surface area contributed by atoms with Crippen LogP contribution in [0.25, 0.3) is 0 Å². The van der Waals surface area contributed by atoms with Crippen LogP contribution in [-0.2, 0) is 13.0 Å². The molecule has 0 spiro atoms. The minimum Gasteiger partial charge on any atom is -0.497 e. The molecule has 0 unspecified atom stereocenters. The van der Waals surface area contributed by atoms with Gasteiger partial charge in [0.25, 0.3) is 5.91 Å². The Hall–Kier alpha value is -2.53. The molecule has 1 aliphatic heterocycles. The molecular formula is C17H18N2O3. The predicted molar refractivity (Wildman–Crippen MR) is 83.4 cm³/mol. The van der Waals surface area contributed by atoms with Crippen molar-refractivity contribution in [2.24, 2.45) is 0 Å². The predicted octanol–water partition coefficient (Wildman–Crippen LogP) is 2.38. The van der Waals surface area contributed by atoms with Crippen molar-refractivity contribution in [2.45, 2.75) is 13.0 Å². The summed E-state index contributed by atoms with van der Waals surface area (Å²) in [6.07, 6.45) is 0.965. The second-order valence-electron chi connectivity index (χ2n) is 5.30. The quantitative estimate of drug-likeness (QED) is 0.672. The summed E-state index contributed by atoms with van der Waals surface area (Å²) in [5, 5.41) is 8.76. The maximum Gasteiger partial charge on any atom is 0.274 e. The van der Waals surface area contributed by atoms with Gasteiger partial charge in [-0.2, -0.15) is 0 Å². The van der Waals surface area contributed by atoms with Gasteiger partial charge in [0.1, 0.15) is 5.75 Å². The van der Waals surface area contributed by atoms with Crippen LogP contribution in [0.1, 0.15) is 21.5 Å². The maximum atomic E-state index is 11.6. The van der Waals surface area contributed by atoms with Gasteiger partial charge in [0, 0.05) is 24.3 Å². The molecule has 5 nitrogen and oxygen atoms in total. The number of ether oxygens (including phenoxy) is 1. The lowest BCUT2D eigenvalue weighted by molar-refractivity contribution is 0.0706. The molecule has 22 heavy (non-hydrogen) atoms. The first kappa shape index (κ1) is 14.4. The fourth-order valence-corrected chi connectivity index (χ4v) is 2.77. The van der Waals surface area contributed by atoms with Gasteiger partial charge in [-0.25, -0.2) is 5.48 Å². The number of hydroxylamine groups is 1. The van der Waals surface area contributed by atoms with E-state index in [2.05, 4.69) is 4.90 Å². The summed E-state index contributed by atoms with van der Waals surface area (Å²) < 4.78 is 5.17. The van der Waals surface area contributed by atoms with Crippen molar-refractivity contribution in [3.8, 4) is 5.75 Å². The van der Waals surface area contributed by atoms with Crippen LogP contribution < -0.4 is 15.1 Å². The minimum atomic E-state index is -0.487. The number of rotatable bonds is 4. The highest BCUT2D eigenvalue weighted by Crippen LogP contribution is 2.30. The van der Waals surface area contributed by atoms with E-state index >= 15 is 0 Å². The molecule has 1 heterocycles. The third-order valence-electron chi connectivity index (χ3n) is 3.97. The molecule has 0 saturated carbocycles. The molecule has 3 rings (SSSR count). The van der Waals surface area contributed by atoms with Gasteiger partial charge in [-0.3, -0.25) is 10.0 Å². The van der Waals surface area contributed by atoms with E-state index in [-0.39, 0.29) is 0 Å². The van der Waals surface area contributed by atoms with Crippen molar-refractivity contribution in [3.63, 3.8) is 0 Å². The second-order valence-corrected chi connectivity index (χ2v) is 5.30. The Morgan fingerprint density at radius 1 is 1.27 bits per heavy atom. The molecule has 2 aromatic carbocycles. The number of carbonyl (C=O) groups is 1. The van der Waals surface area contributed by atoms with E-state index in [0.29, 0.717) is 5.56 Å². The Morgan fingerprint density at radius 2 is 2.05 bits per heavy atom. The average molecular weight is 298 g/mol. The van der Waals surface area contributed by atoms with Crippen LogP contribution in [0.4, 0.5) is 5.69 Å². The highest BCUT2D eigenvalue weighted by molar-refractivity contribution is 5.94. The van der Waals surface area contributed by atoms with Crippen LogP contribution in [0.5, 0.6) is 5.75 Å². The van der Waals surface area contributed by atoms with Crippen molar-refractivity contribution >= 4 is 11.6 Å². The number of fused-ring (bicyclic) bond motifs is 1. The Bertz CT molecular complexity index is 683. The molecule has 114 valence electrons. The van der Waals surface area contributed by atoms with Crippen LogP contribution >= 0.6 is 0 Å². The fourth-order valence-electron chi connectivity index (χ4n) is 2.77. The smallest absolute Gasteiger partial charge is 0.274 e. The number of nitrogens with zero attached hydrogens (tertiary/aromatic N) is 1. The summed E-state index contributed by atoms with van der Waals surface area (Å²) in [4.78, 5) is 13.8. The van der Waals surface area contributed by atoms with Gasteiger partial charge >= 0.3 is 0 Å². The van der Waals surface area contributed by atoms with Crippen LogP contribution in [0, 0.1) is 0 Å². The van der Waals surface area contributed by atoms with Crippen molar-refractivity contribution in [1.82, 2.24) is 5.48 Å². The number of hydrogen-bond donors (Lipinski definition) is 2. The lowest BCUT2D eigenvalue weighted by Gasteiger charge is -2.20. The molecule has 1 aliphatic rings.